The van der Waals surface area contributed by atoms with E-state index in [9.17, 15) is 4.79 Å². The van der Waals surface area contributed by atoms with Crippen LogP contribution in [0.2, 0.25) is 0 Å². The largest absolute Gasteiger partial charge is 0.283 e. The van der Waals surface area contributed by atoms with Crippen molar-refractivity contribution in [2.45, 2.75) is 12.1 Å². The molecular formula is C30H20N2O. The van der Waals surface area contributed by atoms with Crippen LogP contribution in [0.1, 0.15) is 11.6 Å². The van der Waals surface area contributed by atoms with E-state index < -0.39 is 0 Å². The molecule has 4 aromatic carbocycles. The van der Waals surface area contributed by atoms with Gasteiger partial charge in [-0.15, -0.1) is 0 Å². The van der Waals surface area contributed by atoms with E-state index in [0.29, 0.717) is 0 Å². The van der Waals surface area contributed by atoms with Crippen molar-refractivity contribution in [1.82, 2.24) is 4.57 Å². The summed E-state index contributed by atoms with van der Waals surface area (Å²) in [6, 6.07) is 30.9. The number of benzene rings is 4. The van der Waals surface area contributed by atoms with Crippen LogP contribution < -0.4 is 11.0 Å². The van der Waals surface area contributed by atoms with E-state index >= 15 is 0 Å². The highest BCUT2D eigenvalue weighted by Gasteiger charge is 2.34. The molecule has 3 nitrogen and oxygen atoms in total. The van der Waals surface area contributed by atoms with Crippen molar-refractivity contribution in [3.8, 4) is 11.1 Å². The lowest BCUT2D eigenvalue weighted by molar-refractivity contribution is 0.586. The first-order valence-corrected chi connectivity index (χ1v) is 11.3. The normalized spacial score (nSPS) is 18.7. The predicted octanol–water partition coefficient (Wildman–Crippen LogP) is 5.74. The Morgan fingerprint density at radius 1 is 0.697 bits per heavy atom. The number of fused-ring (bicyclic) bond motifs is 4. The average molecular weight is 425 g/mol. The van der Waals surface area contributed by atoms with Gasteiger partial charge < -0.3 is 0 Å². The van der Waals surface area contributed by atoms with Gasteiger partial charge in [-0.25, -0.2) is 0 Å². The van der Waals surface area contributed by atoms with Crippen LogP contribution in [0.3, 0.4) is 0 Å². The van der Waals surface area contributed by atoms with Crippen LogP contribution in [0.4, 0.5) is 0 Å². The zero-order chi connectivity index (χ0) is 21.9. The molecule has 0 fully saturated rings. The Labute approximate surface area is 190 Å². The first kappa shape index (κ1) is 18.3. The summed E-state index contributed by atoms with van der Waals surface area (Å²) in [5.41, 5.74) is 5.40. The van der Waals surface area contributed by atoms with Gasteiger partial charge >= 0.3 is 0 Å². The Bertz CT molecular complexity index is 1730. The molecule has 2 aliphatic rings. The third-order valence-corrected chi connectivity index (χ3v) is 6.94. The third kappa shape index (κ3) is 2.56. The van der Waals surface area contributed by atoms with Crippen LogP contribution in [0.25, 0.3) is 38.2 Å². The van der Waals surface area contributed by atoms with Gasteiger partial charge in [-0.1, -0.05) is 97.1 Å². The van der Waals surface area contributed by atoms with Crippen LogP contribution in [0.5, 0.6) is 0 Å². The Morgan fingerprint density at radius 2 is 1.42 bits per heavy atom. The zero-order valence-corrected chi connectivity index (χ0v) is 17.8. The summed E-state index contributed by atoms with van der Waals surface area (Å²) in [4.78, 5) is 19.0. The van der Waals surface area contributed by atoms with Crippen molar-refractivity contribution in [2.24, 2.45) is 4.99 Å². The van der Waals surface area contributed by atoms with Gasteiger partial charge in [0.2, 0.25) is 0 Å². The summed E-state index contributed by atoms with van der Waals surface area (Å²) in [5.74, 6) is 0. The molecule has 2 heterocycles. The maximum absolute atomic E-state index is 13.8. The summed E-state index contributed by atoms with van der Waals surface area (Å²) in [6.07, 6.45) is 6.30. The molecule has 5 aromatic rings. The van der Waals surface area contributed by atoms with Crippen molar-refractivity contribution in [3.05, 3.63) is 131 Å². The minimum atomic E-state index is -0.107. The minimum absolute atomic E-state index is 0.0310. The highest BCUT2D eigenvalue weighted by Crippen LogP contribution is 2.37. The van der Waals surface area contributed by atoms with E-state index in [2.05, 4.69) is 60.7 Å². The van der Waals surface area contributed by atoms with E-state index in [1.165, 1.54) is 0 Å². The van der Waals surface area contributed by atoms with Crippen LogP contribution in [-0.2, 0) is 0 Å². The van der Waals surface area contributed by atoms with Gasteiger partial charge in [0.25, 0.3) is 5.56 Å². The molecule has 0 bridgehead atoms. The SMILES string of the molecule is O=c1c2cccc3c(-c4ccccc4)ccc(c4n1C1C=CC=C(c5ccccc5)C1N=4)c32. The molecule has 3 heteroatoms. The van der Waals surface area contributed by atoms with Crippen LogP contribution in [0, 0.1) is 0 Å². The Balaban J connectivity index is 1.54. The van der Waals surface area contributed by atoms with E-state index in [-0.39, 0.29) is 17.6 Å². The molecule has 2 unspecified atom stereocenters. The molecule has 0 saturated heterocycles. The van der Waals surface area contributed by atoms with Gasteiger partial charge in [0.05, 0.1) is 6.04 Å². The Kier molecular flexibility index (Phi) is 3.82. The lowest BCUT2D eigenvalue weighted by atomic mass is 9.90. The summed E-state index contributed by atoms with van der Waals surface area (Å²) in [5, 5.41) is 3.89. The van der Waals surface area contributed by atoms with Gasteiger partial charge in [-0.05, 0) is 39.8 Å². The fourth-order valence-corrected chi connectivity index (χ4v) is 5.47. The molecule has 156 valence electrons. The molecule has 1 aliphatic heterocycles. The summed E-state index contributed by atoms with van der Waals surface area (Å²) in [7, 11) is 0. The number of hydrogen-bond donors (Lipinski definition) is 0. The maximum atomic E-state index is 13.8. The van der Waals surface area contributed by atoms with Gasteiger partial charge in [0.15, 0.2) is 0 Å². The average Bonchev–Trinajstić information content (AvgIpc) is 3.28. The predicted molar refractivity (Wildman–Crippen MR) is 134 cm³/mol. The van der Waals surface area contributed by atoms with Crippen LogP contribution in [-0.4, -0.2) is 10.6 Å². The van der Waals surface area contributed by atoms with Crippen molar-refractivity contribution < 1.29 is 0 Å². The monoisotopic (exact) mass is 424 g/mol. The standard InChI is InChI=1S/C30H20N2O/c33-30-25-15-7-14-23-21(19-9-3-1-4-10-19)17-18-24(27(23)25)29-31-28-22(20-11-5-2-6-12-20)13-8-16-26(28)32(29)30/h1-18,26,28H. The first-order valence-electron chi connectivity index (χ1n) is 11.3. The summed E-state index contributed by atoms with van der Waals surface area (Å²) in [6.45, 7) is 0. The first-order chi connectivity index (χ1) is 16.3. The summed E-state index contributed by atoms with van der Waals surface area (Å²) >= 11 is 0. The molecule has 1 aromatic heterocycles. The molecule has 0 amide bonds. The van der Waals surface area contributed by atoms with E-state index in [1.807, 2.05) is 53.1 Å². The number of aromatic nitrogens is 1. The molecule has 0 spiro atoms. The molecular weight excluding hydrogens is 404 g/mol. The second-order valence-corrected chi connectivity index (χ2v) is 8.69. The molecule has 7 rings (SSSR count). The number of nitrogens with zero attached hydrogens (tertiary/aromatic N) is 2. The Morgan fingerprint density at radius 3 is 2.21 bits per heavy atom. The number of hydrogen-bond acceptors (Lipinski definition) is 2. The molecule has 2 atom stereocenters. The summed E-state index contributed by atoms with van der Waals surface area (Å²) < 4.78 is 1.90. The fraction of sp³-hybridized carbons (Fsp3) is 0.0667. The lowest BCUT2D eigenvalue weighted by Gasteiger charge is -2.23. The van der Waals surface area contributed by atoms with Gasteiger partial charge in [-0.2, -0.15) is 0 Å². The van der Waals surface area contributed by atoms with Gasteiger partial charge in [0, 0.05) is 16.2 Å². The number of pyridine rings is 1. The highest BCUT2D eigenvalue weighted by molar-refractivity contribution is 6.14. The van der Waals surface area contributed by atoms with E-state index in [4.69, 9.17) is 4.99 Å². The quantitative estimate of drug-likeness (QED) is 0.356. The zero-order valence-electron chi connectivity index (χ0n) is 17.8. The van der Waals surface area contributed by atoms with Gasteiger partial charge in [0.1, 0.15) is 11.5 Å². The molecule has 0 radical (unpaired) electrons. The highest BCUT2D eigenvalue weighted by atomic mass is 16.1. The lowest BCUT2D eigenvalue weighted by Crippen LogP contribution is -2.34. The minimum Gasteiger partial charge on any atom is -0.283 e. The second-order valence-electron chi connectivity index (χ2n) is 8.69. The van der Waals surface area contributed by atoms with Crippen molar-refractivity contribution in [3.63, 3.8) is 0 Å². The number of allylic oxidation sites excluding steroid dienone is 2. The van der Waals surface area contributed by atoms with Crippen molar-refractivity contribution >= 4 is 27.1 Å². The topological polar surface area (TPSA) is 34.4 Å². The smallest absolute Gasteiger partial charge is 0.260 e. The van der Waals surface area contributed by atoms with Crippen molar-refractivity contribution in [2.75, 3.05) is 0 Å². The van der Waals surface area contributed by atoms with E-state index in [1.54, 1.807) is 0 Å². The molecule has 0 saturated carbocycles. The van der Waals surface area contributed by atoms with Crippen LogP contribution >= 0.6 is 0 Å². The van der Waals surface area contributed by atoms with Crippen molar-refractivity contribution in [1.29, 1.82) is 0 Å². The molecule has 33 heavy (non-hydrogen) atoms. The van der Waals surface area contributed by atoms with E-state index in [0.717, 1.165) is 49.3 Å². The second kappa shape index (κ2) is 6.88. The maximum Gasteiger partial charge on any atom is 0.260 e. The molecule has 0 N–H and O–H groups in total. The molecule has 1 aliphatic carbocycles. The van der Waals surface area contributed by atoms with Gasteiger partial charge in [-0.3, -0.25) is 14.4 Å². The fourth-order valence-electron chi connectivity index (χ4n) is 5.47. The number of rotatable bonds is 2. The third-order valence-electron chi connectivity index (χ3n) is 6.94. The Hall–Kier alpha value is -4.24. The van der Waals surface area contributed by atoms with Crippen LogP contribution in [0.15, 0.2) is 119 Å².